The van der Waals surface area contributed by atoms with Gasteiger partial charge in [-0.25, -0.2) is 8.78 Å². The van der Waals surface area contributed by atoms with Gasteiger partial charge in [-0.3, -0.25) is 14.5 Å². The second-order valence-electron chi connectivity index (χ2n) is 4.48. The molecule has 0 N–H and O–H groups in total. The highest BCUT2D eigenvalue weighted by Crippen LogP contribution is 2.25. The van der Waals surface area contributed by atoms with E-state index in [4.69, 9.17) is 0 Å². The lowest BCUT2D eigenvalue weighted by Crippen LogP contribution is -2.29. The van der Waals surface area contributed by atoms with Crippen molar-refractivity contribution in [3.05, 3.63) is 70.8 Å². The summed E-state index contributed by atoms with van der Waals surface area (Å²) < 4.78 is 26.7. The van der Waals surface area contributed by atoms with E-state index in [0.29, 0.717) is 0 Å². The summed E-state index contributed by atoms with van der Waals surface area (Å²) in [5.74, 6) is -2.25. The molecule has 3 rings (SSSR count). The molecular weight excluding hydrogens is 288 g/mol. The molecule has 22 heavy (non-hydrogen) atoms. The highest BCUT2D eigenvalue weighted by molar-refractivity contribution is 6.21. The van der Waals surface area contributed by atoms with Gasteiger partial charge in [-0.15, -0.1) is 0 Å². The average molecular weight is 303 g/mol. The molecule has 3 nitrogen and oxygen atoms in total. The van der Waals surface area contributed by atoms with Gasteiger partial charge in [0.05, 0.1) is 17.7 Å². The quantitative estimate of drug-likeness (QED) is 0.792. The number of halogens is 2. The number of carbonyl (C=O) groups excluding carboxylic acids is 2. The van der Waals surface area contributed by atoms with E-state index in [0.717, 1.165) is 23.1 Å². The van der Waals surface area contributed by atoms with E-state index < -0.39 is 23.4 Å². The lowest BCUT2D eigenvalue weighted by atomic mass is 10.1. The Morgan fingerprint density at radius 1 is 0.909 bits per heavy atom. The molecule has 0 fully saturated rings. The van der Waals surface area contributed by atoms with Gasteiger partial charge in [-0.2, -0.15) is 0 Å². The standard InChI is InChI=1S/C15H9F2NO2.C2H6/c16-10-5-6-13(17)9(7-10)8-18-14(19)11-3-1-2-4-12(11)15(18)20;1-2/h1-7H,8H2;1-2H3. The number of fused-ring (bicyclic) bond motifs is 1. The molecular formula is C17H15F2NO2. The molecule has 0 radical (unpaired) electrons. The van der Waals surface area contributed by atoms with Crippen LogP contribution in [-0.4, -0.2) is 16.7 Å². The maximum Gasteiger partial charge on any atom is 0.261 e. The monoisotopic (exact) mass is 303 g/mol. The van der Waals surface area contributed by atoms with Crippen LogP contribution in [0.3, 0.4) is 0 Å². The molecule has 1 heterocycles. The Kier molecular flexibility index (Phi) is 4.65. The molecule has 0 atom stereocenters. The van der Waals surface area contributed by atoms with Gasteiger partial charge in [0.1, 0.15) is 11.6 Å². The van der Waals surface area contributed by atoms with Crippen LogP contribution in [0.4, 0.5) is 8.78 Å². The summed E-state index contributed by atoms with van der Waals surface area (Å²) >= 11 is 0. The molecule has 0 bridgehead atoms. The van der Waals surface area contributed by atoms with E-state index in [-0.39, 0.29) is 23.2 Å². The third-order valence-electron chi connectivity index (χ3n) is 3.21. The Labute approximate surface area is 127 Å². The lowest BCUT2D eigenvalue weighted by molar-refractivity contribution is 0.0641. The summed E-state index contributed by atoms with van der Waals surface area (Å²) in [7, 11) is 0. The minimum atomic E-state index is -0.650. The van der Waals surface area contributed by atoms with Crippen LogP contribution in [0.25, 0.3) is 0 Å². The summed E-state index contributed by atoms with van der Waals surface area (Å²) in [6.07, 6.45) is 0. The van der Waals surface area contributed by atoms with E-state index >= 15 is 0 Å². The van der Waals surface area contributed by atoms with E-state index in [9.17, 15) is 18.4 Å². The molecule has 2 amide bonds. The average Bonchev–Trinajstić information content (AvgIpc) is 2.78. The van der Waals surface area contributed by atoms with Gasteiger partial charge in [-0.1, -0.05) is 26.0 Å². The predicted octanol–water partition coefficient (Wildman–Crippen LogP) is 3.79. The van der Waals surface area contributed by atoms with E-state index in [1.54, 1.807) is 12.1 Å². The zero-order chi connectivity index (χ0) is 16.3. The van der Waals surface area contributed by atoms with Crippen LogP contribution in [0.2, 0.25) is 0 Å². The molecule has 2 aromatic rings. The fourth-order valence-corrected chi connectivity index (χ4v) is 2.22. The number of hydrogen-bond acceptors (Lipinski definition) is 2. The number of amides is 2. The van der Waals surface area contributed by atoms with Gasteiger partial charge in [0.25, 0.3) is 11.8 Å². The Balaban J connectivity index is 0.000000847. The molecule has 0 spiro atoms. The molecule has 1 aliphatic rings. The van der Waals surface area contributed by atoms with Gasteiger partial charge in [-0.05, 0) is 30.3 Å². The number of hydrogen-bond donors (Lipinski definition) is 0. The third-order valence-corrected chi connectivity index (χ3v) is 3.21. The zero-order valence-corrected chi connectivity index (χ0v) is 12.3. The first-order chi connectivity index (χ1) is 10.6. The van der Waals surface area contributed by atoms with Crippen molar-refractivity contribution in [1.82, 2.24) is 4.90 Å². The Morgan fingerprint density at radius 2 is 1.45 bits per heavy atom. The molecule has 0 saturated heterocycles. The Hall–Kier alpha value is -2.56. The minimum absolute atomic E-state index is 0.0282. The summed E-state index contributed by atoms with van der Waals surface area (Å²) in [5, 5.41) is 0. The maximum absolute atomic E-state index is 13.6. The zero-order valence-electron chi connectivity index (χ0n) is 12.3. The van der Waals surface area contributed by atoms with Crippen LogP contribution in [0.5, 0.6) is 0 Å². The van der Waals surface area contributed by atoms with Gasteiger partial charge in [0.2, 0.25) is 0 Å². The number of imide groups is 1. The summed E-state index contributed by atoms with van der Waals surface area (Å²) in [6, 6.07) is 9.32. The molecule has 0 aliphatic carbocycles. The topological polar surface area (TPSA) is 37.4 Å². The molecule has 0 unspecified atom stereocenters. The van der Waals surface area contributed by atoms with Crippen LogP contribution < -0.4 is 0 Å². The van der Waals surface area contributed by atoms with E-state index in [2.05, 4.69) is 0 Å². The van der Waals surface area contributed by atoms with Crippen molar-refractivity contribution in [1.29, 1.82) is 0 Å². The van der Waals surface area contributed by atoms with Crippen LogP contribution >= 0.6 is 0 Å². The van der Waals surface area contributed by atoms with Gasteiger partial charge in [0.15, 0.2) is 0 Å². The number of carbonyl (C=O) groups is 2. The number of benzene rings is 2. The summed E-state index contributed by atoms with van der Waals surface area (Å²) in [5.41, 5.74) is 0.545. The fourth-order valence-electron chi connectivity index (χ4n) is 2.22. The van der Waals surface area contributed by atoms with Crippen molar-refractivity contribution in [3.63, 3.8) is 0 Å². The maximum atomic E-state index is 13.6. The summed E-state index contributed by atoms with van der Waals surface area (Å²) in [6.45, 7) is 3.72. The predicted molar refractivity (Wildman–Crippen MR) is 78.4 cm³/mol. The van der Waals surface area contributed by atoms with Gasteiger partial charge < -0.3 is 0 Å². The molecule has 114 valence electrons. The number of rotatable bonds is 2. The van der Waals surface area contributed by atoms with Crippen molar-refractivity contribution >= 4 is 11.8 Å². The second kappa shape index (κ2) is 6.47. The normalized spacial score (nSPS) is 12.8. The van der Waals surface area contributed by atoms with Crippen molar-refractivity contribution in [2.45, 2.75) is 20.4 Å². The van der Waals surface area contributed by atoms with Gasteiger partial charge >= 0.3 is 0 Å². The van der Waals surface area contributed by atoms with Crippen LogP contribution in [0.15, 0.2) is 42.5 Å². The van der Waals surface area contributed by atoms with Crippen LogP contribution in [0.1, 0.15) is 40.1 Å². The largest absolute Gasteiger partial charge is 0.270 e. The van der Waals surface area contributed by atoms with Crippen molar-refractivity contribution in [3.8, 4) is 0 Å². The Bertz CT molecular complexity index is 693. The minimum Gasteiger partial charge on any atom is -0.270 e. The highest BCUT2D eigenvalue weighted by Gasteiger charge is 2.35. The van der Waals surface area contributed by atoms with Gasteiger partial charge in [0, 0.05) is 5.56 Å². The smallest absolute Gasteiger partial charge is 0.261 e. The first kappa shape index (κ1) is 15.8. The SMILES string of the molecule is CC.O=C1c2ccccc2C(=O)N1Cc1cc(F)ccc1F. The number of nitrogens with zero attached hydrogens (tertiary/aromatic N) is 1. The molecule has 2 aromatic carbocycles. The molecule has 5 heteroatoms. The first-order valence-electron chi connectivity index (χ1n) is 6.97. The second-order valence-corrected chi connectivity index (χ2v) is 4.48. The van der Waals surface area contributed by atoms with Crippen molar-refractivity contribution < 1.29 is 18.4 Å². The third kappa shape index (κ3) is 2.74. The summed E-state index contributed by atoms with van der Waals surface area (Å²) in [4.78, 5) is 25.1. The molecule has 1 aliphatic heterocycles. The van der Waals surface area contributed by atoms with Crippen LogP contribution in [-0.2, 0) is 6.54 Å². The molecule has 0 saturated carbocycles. The fraction of sp³-hybridized carbons (Fsp3) is 0.176. The highest BCUT2D eigenvalue weighted by atomic mass is 19.1. The van der Waals surface area contributed by atoms with Crippen molar-refractivity contribution in [2.24, 2.45) is 0 Å². The van der Waals surface area contributed by atoms with Crippen LogP contribution in [0, 0.1) is 11.6 Å². The Morgan fingerprint density at radius 3 is 2.00 bits per heavy atom. The van der Waals surface area contributed by atoms with Crippen molar-refractivity contribution in [2.75, 3.05) is 0 Å². The lowest BCUT2D eigenvalue weighted by Gasteiger charge is -2.14. The van der Waals surface area contributed by atoms with E-state index in [1.165, 1.54) is 12.1 Å². The first-order valence-corrected chi connectivity index (χ1v) is 6.97. The van der Waals surface area contributed by atoms with E-state index in [1.807, 2.05) is 13.8 Å². The molecule has 0 aromatic heterocycles.